The van der Waals surface area contributed by atoms with Gasteiger partial charge in [-0.1, -0.05) is 66.7 Å². The van der Waals surface area contributed by atoms with Gasteiger partial charge in [0.1, 0.15) is 5.75 Å². The summed E-state index contributed by atoms with van der Waals surface area (Å²) < 4.78 is 7.57. The number of benzene rings is 4. The fourth-order valence-corrected chi connectivity index (χ4v) is 3.86. The smallest absolute Gasteiger partial charge is 0.118 e. The van der Waals surface area contributed by atoms with E-state index in [0.29, 0.717) is 0 Å². The molecule has 2 heteroatoms. The Bertz CT molecular complexity index is 1310. The molecule has 0 spiro atoms. The van der Waals surface area contributed by atoms with Gasteiger partial charge in [-0.05, 0) is 53.6 Å². The standard InChI is InChI=1S/C27H21NO/c1-29-23-16-13-20(14-17-23)11-12-21-15-18-27-25(19-21)24-9-5-6-10-26(24)28(27)22-7-3-2-4-8-22/h2-19H,1H3. The van der Waals surface area contributed by atoms with E-state index in [1.165, 1.54) is 33.1 Å². The van der Waals surface area contributed by atoms with Gasteiger partial charge in [0, 0.05) is 16.5 Å². The molecule has 0 amide bonds. The van der Waals surface area contributed by atoms with E-state index in [2.05, 4.69) is 102 Å². The van der Waals surface area contributed by atoms with Crippen LogP contribution in [-0.4, -0.2) is 11.7 Å². The van der Waals surface area contributed by atoms with E-state index < -0.39 is 0 Å². The van der Waals surface area contributed by atoms with E-state index in [0.717, 1.165) is 11.3 Å². The summed E-state index contributed by atoms with van der Waals surface area (Å²) in [7, 11) is 1.69. The Labute approximate surface area is 170 Å². The van der Waals surface area contributed by atoms with Crippen molar-refractivity contribution in [1.29, 1.82) is 0 Å². The third-order valence-electron chi connectivity index (χ3n) is 5.30. The zero-order valence-electron chi connectivity index (χ0n) is 16.2. The number of rotatable bonds is 4. The van der Waals surface area contributed by atoms with Gasteiger partial charge in [-0.3, -0.25) is 0 Å². The van der Waals surface area contributed by atoms with Crippen LogP contribution in [0.15, 0.2) is 97.1 Å². The monoisotopic (exact) mass is 375 g/mol. The first kappa shape index (κ1) is 17.3. The Kier molecular flexibility index (Phi) is 4.38. The molecule has 29 heavy (non-hydrogen) atoms. The molecule has 0 N–H and O–H groups in total. The molecule has 0 aliphatic heterocycles. The van der Waals surface area contributed by atoms with E-state index in [1.807, 2.05) is 12.1 Å². The lowest BCUT2D eigenvalue weighted by atomic mass is 10.1. The number of nitrogens with zero attached hydrogens (tertiary/aromatic N) is 1. The van der Waals surface area contributed by atoms with Crippen LogP contribution in [0.1, 0.15) is 11.1 Å². The van der Waals surface area contributed by atoms with Gasteiger partial charge in [0.2, 0.25) is 0 Å². The lowest BCUT2D eigenvalue weighted by Crippen LogP contribution is -1.92. The second-order valence-corrected chi connectivity index (χ2v) is 7.07. The molecule has 0 saturated carbocycles. The molecule has 0 radical (unpaired) electrons. The Balaban J connectivity index is 1.62. The molecule has 5 aromatic rings. The number of hydrogen-bond acceptors (Lipinski definition) is 1. The molecule has 0 fully saturated rings. The first-order chi connectivity index (χ1) is 14.3. The summed E-state index contributed by atoms with van der Waals surface area (Å²) in [6.45, 7) is 0. The third kappa shape index (κ3) is 3.19. The Morgan fingerprint density at radius 3 is 2.07 bits per heavy atom. The minimum Gasteiger partial charge on any atom is -0.497 e. The van der Waals surface area contributed by atoms with Crippen molar-refractivity contribution in [3.63, 3.8) is 0 Å². The number of fused-ring (bicyclic) bond motifs is 3. The lowest BCUT2D eigenvalue weighted by molar-refractivity contribution is 0.415. The molecule has 0 aliphatic rings. The highest BCUT2D eigenvalue weighted by atomic mass is 16.5. The van der Waals surface area contributed by atoms with Crippen LogP contribution >= 0.6 is 0 Å². The quantitative estimate of drug-likeness (QED) is 0.310. The SMILES string of the molecule is COc1ccc(C=Cc2ccc3c(c2)c2ccccc2n3-c2ccccc2)cc1. The lowest BCUT2D eigenvalue weighted by Gasteiger charge is -2.07. The molecule has 140 valence electrons. The average Bonchev–Trinajstić information content (AvgIpc) is 3.12. The largest absolute Gasteiger partial charge is 0.497 e. The molecule has 0 atom stereocenters. The predicted molar refractivity (Wildman–Crippen MR) is 123 cm³/mol. The van der Waals surface area contributed by atoms with E-state index in [-0.39, 0.29) is 0 Å². The summed E-state index contributed by atoms with van der Waals surface area (Å²) in [6, 6.07) is 33.9. The van der Waals surface area contributed by atoms with Gasteiger partial charge in [0.15, 0.2) is 0 Å². The first-order valence-electron chi connectivity index (χ1n) is 9.74. The van der Waals surface area contributed by atoms with Gasteiger partial charge >= 0.3 is 0 Å². The normalized spacial score (nSPS) is 11.5. The number of hydrogen-bond donors (Lipinski definition) is 0. The van der Waals surface area contributed by atoms with Crippen molar-refractivity contribution >= 4 is 34.0 Å². The number of aromatic nitrogens is 1. The average molecular weight is 375 g/mol. The highest BCUT2D eigenvalue weighted by Gasteiger charge is 2.11. The second-order valence-electron chi connectivity index (χ2n) is 7.07. The third-order valence-corrected chi connectivity index (χ3v) is 5.30. The number of methoxy groups -OCH3 is 1. The fourth-order valence-electron chi connectivity index (χ4n) is 3.86. The molecule has 0 bridgehead atoms. The number of para-hydroxylation sites is 2. The van der Waals surface area contributed by atoms with Gasteiger partial charge in [0.25, 0.3) is 0 Å². The molecule has 0 aliphatic carbocycles. The summed E-state index contributed by atoms with van der Waals surface area (Å²) >= 11 is 0. The van der Waals surface area contributed by atoms with Gasteiger partial charge in [-0.25, -0.2) is 0 Å². The summed E-state index contributed by atoms with van der Waals surface area (Å²) in [4.78, 5) is 0. The molecular weight excluding hydrogens is 354 g/mol. The topological polar surface area (TPSA) is 14.2 Å². The molecule has 5 rings (SSSR count). The van der Waals surface area contributed by atoms with Crippen molar-refractivity contribution in [2.75, 3.05) is 7.11 Å². The molecule has 0 unspecified atom stereocenters. The molecular formula is C27H21NO. The molecule has 2 nitrogen and oxygen atoms in total. The van der Waals surface area contributed by atoms with Crippen LogP contribution in [0.25, 0.3) is 39.6 Å². The van der Waals surface area contributed by atoms with Gasteiger partial charge in [0.05, 0.1) is 18.1 Å². The van der Waals surface area contributed by atoms with Crippen molar-refractivity contribution in [2.45, 2.75) is 0 Å². The maximum Gasteiger partial charge on any atom is 0.118 e. The maximum absolute atomic E-state index is 5.23. The van der Waals surface area contributed by atoms with Crippen LogP contribution in [0.2, 0.25) is 0 Å². The van der Waals surface area contributed by atoms with Gasteiger partial charge < -0.3 is 9.30 Å². The maximum atomic E-state index is 5.23. The van der Waals surface area contributed by atoms with Crippen LogP contribution in [0.4, 0.5) is 0 Å². The summed E-state index contributed by atoms with van der Waals surface area (Å²) in [6.07, 6.45) is 4.30. The predicted octanol–water partition coefficient (Wildman–Crippen LogP) is 6.96. The van der Waals surface area contributed by atoms with Crippen LogP contribution in [-0.2, 0) is 0 Å². The molecule has 4 aromatic carbocycles. The molecule has 0 saturated heterocycles. The van der Waals surface area contributed by atoms with E-state index in [9.17, 15) is 0 Å². The minimum atomic E-state index is 0.872. The van der Waals surface area contributed by atoms with Gasteiger partial charge in [-0.15, -0.1) is 0 Å². The number of ether oxygens (including phenoxy) is 1. The van der Waals surface area contributed by atoms with Crippen molar-refractivity contribution in [3.05, 3.63) is 108 Å². The van der Waals surface area contributed by atoms with Crippen LogP contribution in [0, 0.1) is 0 Å². The van der Waals surface area contributed by atoms with Crippen molar-refractivity contribution in [3.8, 4) is 11.4 Å². The summed E-state index contributed by atoms with van der Waals surface area (Å²) in [5.41, 5.74) is 5.96. The van der Waals surface area contributed by atoms with Crippen molar-refractivity contribution in [1.82, 2.24) is 4.57 Å². The van der Waals surface area contributed by atoms with Crippen LogP contribution < -0.4 is 4.74 Å². The second kappa shape index (κ2) is 7.33. The zero-order chi connectivity index (χ0) is 19.6. The van der Waals surface area contributed by atoms with E-state index in [1.54, 1.807) is 7.11 Å². The van der Waals surface area contributed by atoms with Crippen LogP contribution in [0.3, 0.4) is 0 Å². The van der Waals surface area contributed by atoms with Crippen molar-refractivity contribution < 1.29 is 4.74 Å². The minimum absolute atomic E-state index is 0.872. The molecule has 1 heterocycles. The highest BCUT2D eigenvalue weighted by Crippen LogP contribution is 2.32. The summed E-state index contributed by atoms with van der Waals surface area (Å²) in [5, 5.41) is 2.53. The Morgan fingerprint density at radius 1 is 0.621 bits per heavy atom. The fraction of sp³-hybridized carbons (Fsp3) is 0.0370. The van der Waals surface area contributed by atoms with E-state index in [4.69, 9.17) is 4.74 Å². The zero-order valence-corrected chi connectivity index (χ0v) is 16.2. The first-order valence-corrected chi connectivity index (χ1v) is 9.74. The van der Waals surface area contributed by atoms with E-state index >= 15 is 0 Å². The Hall–Kier alpha value is -3.78. The molecule has 1 aromatic heterocycles. The summed E-state index contributed by atoms with van der Waals surface area (Å²) in [5.74, 6) is 0.872. The highest BCUT2D eigenvalue weighted by molar-refractivity contribution is 6.09. The Morgan fingerprint density at radius 2 is 1.28 bits per heavy atom. The van der Waals surface area contributed by atoms with Gasteiger partial charge in [-0.2, -0.15) is 0 Å². The van der Waals surface area contributed by atoms with Crippen LogP contribution in [0.5, 0.6) is 5.75 Å². The van der Waals surface area contributed by atoms with Crippen molar-refractivity contribution in [2.24, 2.45) is 0 Å².